The molecule has 2 atom stereocenters. The third-order valence-corrected chi connectivity index (χ3v) is 4.62. The van der Waals surface area contributed by atoms with E-state index in [0.717, 1.165) is 0 Å². The summed E-state index contributed by atoms with van der Waals surface area (Å²) in [4.78, 5) is 25.1. The van der Waals surface area contributed by atoms with Crippen molar-refractivity contribution in [1.29, 1.82) is 0 Å². The number of allylic oxidation sites excluding steroid dienone is 2. The molecule has 1 aliphatic rings. The summed E-state index contributed by atoms with van der Waals surface area (Å²) in [7, 11) is 5.76. The van der Waals surface area contributed by atoms with Crippen molar-refractivity contribution in [1.82, 2.24) is 0 Å². The number of halogens is 1. The number of methoxy groups -OCH3 is 4. The standard InChI is InChI=1S/C18H21ClO6/c1-9-6-10(20)7-11(22-2)14(9)17(21)15-12(23-3)8-13(24-4)16(19)18(15)25-5/h7-9,14H,6H2,1-5H3. The Balaban J connectivity index is 2.64. The van der Waals surface area contributed by atoms with Crippen LogP contribution in [-0.2, 0) is 9.53 Å². The number of benzene rings is 1. The fraction of sp³-hybridized carbons (Fsp3) is 0.444. The molecule has 2 unspecified atom stereocenters. The molecule has 2 rings (SSSR count). The minimum absolute atomic E-state index is 0.0694. The van der Waals surface area contributed by atoms with Crippen molar-refractivity contribution in [3.63, 3.8) is 0 Å². The molecule has 136 valence electrons. The smallest absolute Gasteiger partial charge is 0.181 e. The van der Waals surface area contributed by atoms with Crippen LogP contribution in [0.25, 0.3) is 0 Å². The second-order valence-corrected chi connectivity index (χ2v) is 6.12. The predicted octanol–water partition coefficient (Wildman–Crippen LogP) is 3.30. The molecule has 6 nitrogen and oxygen atoms in total. The van der Waals surface area contributed by atoms with Crippen molar-refractivity contribution >= 4 is 23.2 Å². The summed E-state index contributed by atoms with van der Waals surface area (Å²) in [5.74, 6) is -0.104. The Morgan fingerprint density at radius 3 is 2.24 bits per heavy atom. The first kappa shape index (κ1) is 19.1. The molecule has 0 fully saturated rings. The van der Waals surface area contributed by atoms with Gasteiger partial charge in [-0.15, -0.1) is 0 Å². The third kappa shape index (κ3) is 3.44. The highest BCUT2D eigenvalue weighted by molar-refractivity contribution is 6.34. The molecule has 0 radical (unpaired) electrons. The SMILES string of the molecule is COC1=CC(=O)CC(C)C1C(=O)c1c(OC)cc(OC)c(Cl)c1OC. The minimum Gasteiger partial charge on any atom is -0.500 e. The lowest BCUT2D eigenvalue weighted by molar-refractivity contribution is -0.116. The van der Waals surface area contributed by atoms with E-state index in [1.54, 1.807) is 0 Å². The molecular formula is C18H21ClO6. The number of rotatable bonds is 6. The summed E-state index contributed by atoms with van der Waals surface area (Å²) in [6, 6.07) is 1.53. The Kier molecular flexibility index (Phi) is 5.95. The summed E-state index contributed by atoms with van der Waals surface area (Å²) in [5.41, 5.74) is 0.199. The lowest BCUT2D eigenvalue weighted by Crippen LogP contribution is -2.31. The molecule has 0 heterocycles. The summed E-state index contributed by atoms with van der Waals surface area (Å²) in [5, 5.41) is 0.177. The van der Waals surface area contributed by atoms with E-state index in [1.807, 2.05) is 6.92 Å². The van der Waals surface area contributed by atoms with Crippen molar-refractivity contribution in [2.75, 3.05) is 28.4 Å². The maximum absolute atomic E-state index is 13.3. The number of hydrogen-bond acceptors (Lipinski definition) is 6. The molecule has 0 saturated heterocycles. The van der Waals surface area contributed by atoms with Crippen LogP contribution in [0.5, 0.6) is 17.2 Å². The van der Waals surface area contributed by atoms with E-state index >= 15 is 0 Å². The van der Waals surface area contributed by atoms with E-state index in [4.69, 9.17) is 30.5 Å². The highest BCUT2D eigenvalue weighted by Gasteiger charge is 2.39. The van der Waals surface area contributed by atoms with Crippen LogP contribution >= 0.6 is 11.6 Å². The summed E-state index contributed by atoms with van der Waals surface area (Å²) < 4.78 is 21.2. The largest absolute Gasteiger partial charge is 0.500 e. The zero-order chi connectivity index (χ0) is 18.7. The molecule has 1 aromatic rings. The molecule has 0 bridgehead atoms. The molecule has 25 heavy (non-hydrogen) atoms. The van der Waals surface area contributed by atoms with Gasteiger partial charge in [0.25, 0.3) is 0 Å². The monoisotopic (exact) mass is 368 g/mol. The average molecular weight is 369 g/mol. The van der Waals surface area contributed by atoms with Crippen LogP contribution in [0.4, 0.5) is 0 Å². The van der Waals surface area contributed by atoms with Gasteiger partial charge in [0, 0.05) is 18.6 Å². The maximum atomic E-state index is 13.3. The number of ether oxygens (including phenoxy) is 4. The Hall–Kier alpha value is -2.21. The molecule has 0 N–H and O–H groups in total. The minimum atomic E-state index is -0.630. The van der Waals surface area contributed by atoms with Crippen LogP contribution in [0, 0.1) is 11.8 Å². The Labute approximate surface area is 151 Å². The highest BCUT2D eigenvalue weighted by atomic mass is 35.5. The molecule has 0 aliphatic heterocycles. The van der Waals surface area contributed by atoms with E-state index in [-0.39, 0.29) is 46.0 Å². The second-order valence-electron chi connectivity index (χ2n) is 5.74. The molecule has 0 spiro atoms. The molecule has 7 heteroatoms. The lowest BCUT2D eigenvalue weighted by Gasteiger charge is -2.28. The number of hydrogen-bond donors (Lipinski definition) is 0. The van der Waals surface area contributed by atoms with Crippen LogP contribution < -0.4 is 14.2 Å². The Bertz CT molecular complexity index is 725. The van der Waals surface area contributed by atoms with Gasteiger partial charge in [-0.1, -0.05) is 18.5 Å². The number of carbonyl (C=O) groups is 2. The number of Topliss-reactive ketones (excluding diaryl/α,β-unsaturated/α-hetero) is 1. The average Bonchev–Trinajstić information content (AvgIpc) is 2.59. The fourth-order valence-corrected chi connectivity index (χ4v) is 3.38. The van der Waals surface area contributed by atoms with E-state index in [9.17, 15) is 9.59 Å². The number of carbonyl (C=O) groups excluding carboxylic acids is 2. The summed E-state index contributed by atoms with van der Waals surface area (Å²) in [6.45, 7) is 1.83. The van der Waals surface area contributed by atoms with Gasteiger partial charge in [-0.05, 0) is 5.92 Å². The highest BCUT2D eigenvalue weighted by Crippen LogP contribution is 2.45. The summed E-state index contributed by atoms with van der Waals surface area (Å²) >= 11 is 6.30. The topological polar surface area (TPSA) is 71.1 Å². The molecule has 0 saturated carbocycles. The van der Waals surface area contributed by atoms with Crippen molar-refractivity contribution < 1.29 is 28.5 Å². The van der Waals surface area contributed by atoms with Crippen molar-refractivity contribution in [3.05, 3.63) is 28.5 Å². The first-order valence-corrected chi connectivity index (χ1v) is 8.08. The van der Waals surface area contributed by atoms with E-state index < -0.39 is 5.92 Å². The quantitative estimate of drug-likeness (QED) is 0.717. The lowest BCUT2D eigenvalue weighted by atomic mass is 9.78. The van der Waals surface area contributed by atoms with Gasteiger partial charge >= 0.3 is 0 Å². The normalized spacial score (nSPS) is 19.9. The van der Waals surface area contributed by atoms with Crippen molar-refractivity contribution in [3.8, 4) is 17.2 Å². The molecule has 0 aromatic heterocycles. The molecular weight excluding hydrogens is 348 g/mol. The van der Waals surface area contributed by atoms with Crippen LogP contribution in [-0.4, -0.2) is 40.0 Å². The van der Waals surface area contributed by atoms with E-state index in [1.165, 1.54) is 40.6 Å². The van der Waals surface area contributed by atoms with E-state index in [2.05, 4.69) is 0 Å². The van der Waals surface area contributed by atoms with Crippen LogP contribution in [0.15, 0.2) is 17.9 Å². The first-order valence-electron chi connectivity index (χ1n) is 7.70. The van der Waals surface area contributed by atoms with Gasteiger partial charge in [0.15, 0.2) is 17.3 Å². The third-order valence-electron chi connectivity index (χ3n) is 4.26. The zero-order valence-electron chi connectivity index (χ0n) is 14.8. The molecule has 1 aliphatic carbocycles. The predicted molar refractivity (Wildman–Crippen MR) is 92.8 cm³/mol. The van der Waals surface area contributed by atoms with Gasteiger partial charge in [-0.25, -0.2) is 0 Å². The second kappa shape index (κ2) is 7.78. The number of ketones is 2. The Morgan fingerprint density at radius 1 is 1.08 bits per heavy atom. The van der Waals surface area contributed by atoms with Gasteiger partial charge < -0.3 is 18.9 Å². The van der Waals surface area contributed by atoms with Gasteiger partial charge in [-0.3, -0.25) is 9.59 Å². The van der Waals surface area contributed by atoms with Crippen molar-refractivity contribution in [2.24, 2.45) is 11.8 Å². The van der Waals surface area contributed by atoms with Gasteiger partial charge in [0.2, 0.25) is 0 Å². The van der Waals surface area contributed by atoms with E-state index in [0.29, 0.717) is 11.5 Å². The van der Waals surface area contributed by atoms with Crippen LogP contribution in [0.1, 0.15) is 23.7 Å². The maximum Gasteiger partial charge on any atom is 0.181 e. The molecule has 1 aromatic carbocycles. The zero-order valence-corrected chi connectivity index (χ0v) is 15.6. The fourth-order valence-electron chi connectivity index (χ4n) is 3.07. The van der Waals surface area contributed by atoms with Gasteiger partial charge in [-0.2, -0.15) is 0 Å². The Morgan fingerprint density at radius 2 is 1.72 bits per heavy atom. The van der Waals surface area contributed by atoms with Crippen LogP contribution in [0.2, 0.25) is 5.02 Å². The summed E-state index contributed by atoms with van der Waals surface area (Å²) in [6.07, 6.45) is 1.63. The van der Waals surface area contributed by atoms with Gasteiger partial charge in [0.1, 0.15) is 27.8 Å². The molecule has 0 amide bonds. The first-order chi connectivity index (χ1) is 11.9. The van der Waals surface area contributed by atoms with Crippen molar-refractivity contribution in [2.45, 2.75) is 13.3 Å². The van der Waals surface area contributed by atoms with Crippen LogP contribution in [0.3, 0.4) is 0 Å². The van der Waals surface area contributed by atoms with Gasteiger partial charge in [0.05, 0.1) is 34.4 Å².